The summed E-state index contributed by atoms with van der Waals surface area (Å²) in [6.07, 6.45) is 3.42. The van der Waals surface area contributed by atoms with E-state index in [1.54, 1.807) is 0 Å². The van der Waals surface area contributed by atoms with E-state index in [9.17, 15) is 0 Å². The second-order valence-electron chi connectivity index (χ2n) is 4.45. The fourth-order valence-electron chi connectivity index (χ4n) is 2.35. The van der Waals surface area contributed by atoms with Crippen LogP contribution in [0.2, 0.25) is 0 Å². The van der Waals surface area contributed by atoms with Crippen molar-refractivity contribution in [2.45, 2.75) is 32.2 Å². The zero-order chi connectivity index (χ0) is 11.4. The number of hydrogen-bond acceptors (Lipinski definition) is 2. The molecule has 1 heterocycles. The van der Waals surface area contributed by atoms with Crippen LogP contribution in [0.3, 0.4) is 0 Å². The maximum atomic E-state index is 5.62. The van der Waals surface area contributed by atoms with Crippen molar-refractivity contribution < 1.29 is 4.74 Å². The number of fused-ring (bicyclic) bond motifs is 1. The summed E-state index contributed by atoms with van der Waals surface area (Å²) < 4.78 is 5.62. The molecule has 1 unspecified atom stereocenters. The highest BCUT2D eigenvalue weighted by molar-refractivity contribution is 5.35. The van der Waals surface area contributed by atoms with E-state index in [1.807, 2.05) is 7.05 Å². The monoisotopic (exact) mass is 219 g/mol. The third kappa shape index (κ3) is 2.45. The minimum Gasteiger partial charge on any atom is -0.379 e. The topological polar surface area (TPSA) is 21.3 Å². The molecule has 0 spiro atoms. The van der Waals surface area contributed by atoms with E-state index in [-0.39, 0.29) is 0 Å². The van der Waals surface area contributed by atoms with Gasteiger partial charge in [0.1, 0.15) is 0 Å². The Morgan fingerprint density at radius 1 is 1.44 bits per heavy atom. The van der Waals surface area contributed by atoms with Gasteiger partial charge in [0.2, 0.25) is 0 Å². The summed E-state index contributed by atoms with van der Waals surface area (Å²) >= 11 is 0. The summed E-state index contributed by atoms with van der Waals surface area (Å²) in [6, 6.07) is 7.25. The Kier molecular flexibility index (Phi) is 3.97. The Hall–Kier alpha value is -0.860. The fourth-order valence-corrected chi connectivity index (χ4v) is 2.35. The number of benzene rings is 1. The van der Waals surface area contributed by atoms with Crippen LogP contribution >= 0.6 is 0 Å². The molecule has 1 aliphatic heterocycles. The van der Waals surface area contributed by atoms with Crippen molar-refractivity contribution in [2.75, 3.05) is 20.3 Å². The largest absolute Gasteiger partial charge is 0.379 e. The molecule has 2 rings (SSSR count). The molecule has 1 aromatic carbocycles. The van der Waals surface area contributed by atoms with Crippen LogP contribution in [0.1, 0.15) is 36.1 Å². The SMILES string of the molecule is CCCc1ccc2c(c1)C(NC)COCC2. The molecule has 1 N–H and O–H groups in total. The lowest BCUT2D eigenvalue weighted by molar-refractivity contribution is 0.123. The molecule has 0 aliphatic carbocycles. The summed E-state index contributed by atoms with van der Waals surface area (Å²) in [6.45, 7) is 3.86. The van der Waals surface area contributed by atoms with Gasteiger partial charge in [0, 0.05) is 0 Å². The number of hydrogen-bond donors (Lipinski definition) is 1. The van der Waals surface area contributed by atoms with Gasteiger partial charge < -0.3 is 10.1 Å². The molecule has 0 aromatic heterocycles. The first-order valence-corrected chi connectivity index (χ1v) is 6.22. The molecule has 0 saturated carbocycles. The molecular formula is C14H21NO. The van der Waals surface area contributed by atoms with Crippen molar-refractivity contribution in [1.82, 2.24) is 5.32 Å². The average molecular weight is 219 g/mol. The number of ether oxygens (including phenoxy) is 1. The first kappa shape index (κ1) is 11.6. The minimum absolute atomic E-state index is 0.356. The van der Waals surface area contributed by atoms with Crippen LogP contribution in [0.4, 0.5) is 0 Å². The van der Waals surface area contributed by atoms with Gasteiger partial charge in [-0.15, -0.1) is 0 Å². The van der Waals surface area contributed by atoms with E-state index in [1.165, 1.54) is 29.5 Å². The molecule has 2 heteroatoms. The summed E-state index contributed by atoms with van der Waals surface area (Å²) in [5, 5.41) is 3.34. The maximum absolute atomic E-state index is 5.62. The van der Waals surface area contributed by atoms with Crippen LogP contribution in [-0.4, -0.2) is 20.3 Å². The zero-order valence-electron chi connectivity index (χ0n) is 10.3. The van der Waals surface area contributed by atoms with Crippen LogP contribution in [0.5, 0.6) is 0 Å². The van der Waals surface area contributed by atoms with Crippen molar-refractivity contribution in [1.29, 1.82) is 0 Å². The van der Waals surface area contributed by atoms with E-state index >= 15 is 0 Å². The summed E-state index contributed by atoms with van der Waals surface area (Å²) in [5.41, 5.74) is 4.33. The quantitative estimate of drug-likeness (QED) is 0.843. The van der Waals surface area contributed by atoms with Gasteiger partial charge in [-0.25, -0.2) is 0 Å². The van der Waals surface area contributed by atoms with Crippen molar-refractivity contribution >= 4 is 0 Å². The van der Waals surface area contributed by atoms with Crippen LogP contribution in [0.15, 0.2) is 18.2 Å². The molecule has 16 heavy (non-hydrogen) atoms. The van der Waals surface area contributed by atoms with Crippen LogP contribution in [-0.2, 0) is 17.6 Å². The Balaban J connectivity index is 2.32. The normalized spacial score (nSPS) is 20.2. The summed E-state index contributed by atoms with van der Waals surface area (Å²) in [5.74, 6) is 0. The molecule has 0 fully saturated rings. The molecule has 1 aliphatic rings. The number of nitrogens with one attached hydrogen (secondary N) is 1. The summed E-state index contributed by atoms with van der Waals surface area (Å²) in [4.78, 5) is 0. The van der Waals surface area contributed by atoms with Gasteiger partial charge >= 0.3 is 0 Å². The molecule has 0 amide bonds. The van der Waals surface area contributed by atoms with E-state index in [2.05, 4.69) is 30.4 Å². The molecule has 0 radical (unpaired) electrons. The van der Waals surface area contributed by atoms with Crippen LogP contribution in [0.25, 0.3) is 0 Å². The molecule has 0 bridgehead atoms. The smallest absolute Gasteiger partial charge is 0.0661 e. The highest BCUT2D eigenvalue weighted by atomic mass is 16.5. The lowest BCUT2D eigenvalue weighted by Gasteiger charge is -2.17. The Morgan fingerprint density at radius 2 is 2.31 bits per heavy atom. The van der Waals surface area contributed by atoms with Gasteiger partial charge in [0.05, 0.1) is 19.3 Å². The molecule has 1 aromatic rings. The Labute approximate surface area is 98.0 Å². The minimum atomic E-state index is 0.356. The van der Waals surface area contributed by atoms with Crippen LogP contribution < -0.4 is 5.32 Å². The zero-order valence-corrected chi connectivity index (χ0v) is 10.3. The van der Waals surface area contributed by atoms with Gasteiger partial charge in [-0.2, -0.15) is 0 Å². The number of aryl methyl sites for hydroxylation is 1. The Bertz CT molecular complexity index is 349. The molecule has 0 saturated heterocycles. The van der Waals surface area contributed by atoms with Crippen LogP contribution in [0, 0.1) is 0 Å². The highest BCUT2D eigenvalue weighted by Gasteiger charge is 2.17. The fraction of sp³-hybridized carbons (Fsp3) is 0.571. The second-order valence-corrected chi connectivity index (χ2v) is 4.45. The lowest BCUT2D eigenvalue weighted by Crippen LogP contribution is -2.21. The van der Waals surface area contributed by atoms with Gasteiger partial charge in [0.15, 0.2) is 0 Å². The number of rotatable bonds is 3. The third-order valence-electron chi connectivity index (χ3n) is 3.27. The van der Waals surface area contributed by atoms with E-state index in [0.717, 1.165) is 19.6 Å². The van der Waals surface area contributed by atoms with Crippen molar-refractivity contribution in [2.24, 2.45) is 0 Å². The first-order chi connectivity index (χ1) is 7.85. The summed E-state index contributed by atoms with van der Waals surface area (Å²) in [7, 11) is 2.01. The molecule has 2 nitrogen and oxygen atoms in total. The maximum Gasteiger partial charge on any atom is 0.0661 e. The first-order valence-electron chi connectivity index (χ1n) is 6.22. The van der Waals surface area contributed by atoms with E-state index < -0.39 is 0 Å². The number of likely N-dealkylation sites (N-methyl/N-ethyl adjacent to an activating group) is 1. The van der Waals surface area contributed by atoms with Crippen molar-refractivity contribution in [3.63, 3.8) is 0 Å². The second kappa shape index (κ2) is 5.46. The predicted octanol–water partition coefficient (Wildman–Crippen LogP) is 2.47. The van der Waals surface area contributed by atoms with Gasteiger partial charge in [0.25, 0.3) is 0 Å². The highest BCUT2D eigenvalue weighted by Crippen LogP contribution is 2.24. The molecule has 88 valence electrons. The molecular weight excluding hydrogens is 198 g/mol. The molecule has 1 atom stereocenters. The van der Waals surface area contributed by atoms with E-state index in [0.29, 0.717) is 6.04 Å². The van der Waals surface area contributed by atoms with Gasteiger partial charge in [-0.1, -0.05) is 31.5 Å². The Morgan fingerprint density at radius 3 is 3.06 bits per heavy atom. The van der Waals surface area contributed by atoms with E-state index in [4.69, 9.17) is 4.74 Å². The van der Waals surface area contributed by atoms with Crippen molar-refractivity contribution in [3.8, 4) is 0 Å². The predicted molar refractivity (Wildman–Crippen MR) is 66.8 cm³/mol. The van der Waals surface area contributed by atoms with Gasteiger partial charge in [-0.05, 0) is 36.6 Å². The lowest BCUT2D eigenvalue weighted by atomic mass is 9.95. The van der Waals surface area contributed by atoms with Gasteiger partial charge in [-0.3, -0.25) is 0 Å². The average Bonchev–Trinajstić information content (AvgIpc) is 2.51. The third-order valence-corrected chi connectivity index (χ3v) is 3.27. The van der Waals surface area contributed by atoms with Crippen molar-refractivity contribution in [3.05, 3.63) is 34.9 Å². The standard InChI is InChI=1S/C14H21NO/c1-3-4-11-5-6-12-7-8-16-10-14(15-2)13(12)9-11/h5-6,9,14-15H,3-4,7-8,10H2,1-2H3.